The van der Waals surface area contributed by atoms with Gasteiger partial charge in [-0.1, -0.05) is 60.7 Å². The van der Waals surface area contributed by atoms with Crippen molar-refractivity contribution in [3.8, 4) is 28.0 Å². The van der Waals surface area contributed by atoms with E-state index in [1.54, 1.807) is 0 Å². The van der Waals surface area contributed by atoms with E-state index in [1.165, 1.54) is 25.5 Å². The number of ether oxygens (including phenoxy) is 2. The largest absolute Gasteiger partial charge is 0.496 e. The zero-order valence-corrected chi connectivity index (χ0v) is 20.0. The summed E-state index contributed by atoms with van der Waals surface area (Å²) < 4.78 is 16.1. The lowest BCUT2D eigenvalue weighted by molar-refractivity contribution is 0.0374. The Balaban J connectivity index is 1.74. The summed E-state index contributed by atoms with van der Waals surface area (Å²) in [6.07, 6.45) is 1.44. The van der Waals surface area contributed by atoms with Crippen molar-refractivity contribution >= 4 is 33.8 Å². The van der Waals surface area contributed by atoms with Gasteiger partial charge in [-0.05, 0) is 39.2 Å². The maximum atomic E-state index is 13.1. The Labute approximate surface area is 208 Å². The lowest BCUT2D eigenvalue weighted by Gasteiger charge is -2.12. The van der Waals surface area contributed by atoms with Crippen molar-refractivity contribution in [2.45, 2.75) is 0 Å². The molecule has 8 nitrogen and oxygen atoms in total. The second kappa shape index (κ2) is 10.4. The molecular formula is C26H19BrN2O6. The van der Waals surface area contributed by atoms with Crippen molar-refractivity contribution in [2.24, 2.45) is 5.84 Å². The van der Waals surface area contributed by atoms with E-state index in [0.717, 1.165) is 5.56 Å². The van der Waals surface area contributed by atoms with Gasteiger partial charge in [0.25, 0.3) is 5.91 Å². The maximum absolute atomic E-state index is 13.1. The van der Waals surface area contributed by atoms with Gasteiger partial charge in [-0.3, -0.25) is 10.2 Å². The molecule has 3 N–H and O–H groups in total. The molecule has 1 aromatic heterocycles. The molecule has 0 spiro atoms. The van der Waals surface area contributed by atoms with Crippen molar-refractivity contribution in [2.75, 3.05) is 7.11 Å². The van der Waals surface area contributed by atoms with E-state index in [-0.39, 0.29) is 27.1 Å². The lowest BCUT2D eigenvalue weighted by Crippen LogP contribution is -2.32. The summed E-state index contributed by atoms with van der Waals surface area (Å²) in [5.41, 5.74) is 4.30. The molecular weight excluding hydrogens is 516 g/mol. The van der Waals surface area contributed by atoms with Crippen LogP contribution in [0.2, 0.25) is 0 Å². The lowest BCUT2D eigenvalue weighted by atomic mass is 9.97. The second-order valence-electron chi connectivity index (χ2n) is 7.24. The van der Waals surface area contributed by atoms with Gasteiger partial charge in [0.1, 0.15) is 12.0 Å². The topological polar surface area (TPSA) is 121 Å². The molecule has 0 aliphatic heterocycles. The fourth-order valence-electron chi connectivity index (χ4n) is 3.59. The number of nitrogens with one attached hydrogen (secondary N) is 1. The van der Waals surface area contributed by atoms with Crippen LogP contribution in [0.4, 0.5) is 0 Å². The summed E-state index contributed by atoms with van der Waals surface area (Å²) >= 11 is 3.23. The van der Waals surface area contributed by atoms with Gasteiger partial charge >= 0.3 is 11.9 Å². The number of furan rings is 1. The van der Waals surface area contributed by atoms with Crippen LogP contribution >= 0.6 is 15.9 Å². The van der Waals surface area contributed by atoms with Gasteiger partial charge in [0.2, 0.25) is 5.76 Å². The zero-order valence-electron chi connectivity index (χ0n) is 18.4. The van der Waals surface area contributed by atoms with E-state index in [2.05, 4.69) is 15.9 Å². The molecule has 4 rings (SSSR count). The fraction of sp³-hybridized carbons (Fsp3) is 0.0385. The van der Waals surface area contributed by atoms with Crippen molar-refractivity contribution in [3.05, 3.63) is 100 Å². The van der Waals surface area contributed by atoms with Gasteiger partial charge in [0.15, 0.2) is 0 Å². The highest BCUT2D eigenvalue weighted by atomic mass is 79.9. The standard InChI is InChI=1S/C26H19BrN2O6/c1-33-19-13-12-17(21(22(19)27)24(30)29-28)25(31)35-26(32)23-20(16-10-6-3-7-11-16)18(14-34-23)15-8-4-2-5-9-15/h2-14H,28H2,1H3,(H,29,30). The molecule has 0 fully saturated rings. The smallest absolute Gasteiger partial charge is 0.382 e. The average Bonchev–Trinajstić information content (AvgIpc) is 3.34. The van der Waals surface area contributed by atoms with Crippen LogP contribution in [0.5, 0.6) is 5.75 Å². The Morgan fingerprint density at radius 3 is 2.11 bits per heavy atom. The average molecular weight is 535 g/mol. The molecule has 1 heterocycles. The first-order valence-electron chi connectivity index (χ1n) is 10.3. The minimum atomic E-state index is -1.06. The first-order valence-corrected chi connectivity index (χ1v) is 11.1. The van der Waals surface area contributed by atoms with Crippen LogP contribution in [0.1, 0.15) is 31.3 Å². The molecule has 35 heavy (non-hydrogen) atoms. The number of amides is 1. The highest BCUT2D eigenvalue weighted by Crippen LogP contribution is 2.37. The van der Waals surface area contributed by atoms with E-state index in [1.807, 2.05) is 66.1 Å². The van der Waals surface area contributed by atoms with Gasteiger partial charge in [-0.25, -0.2) is 15.4 Å². The number of methoxy groups -OCH3 is 1. The van der Waals surface area contributed by atoms with Crippen molar-refractivity contribution in [3.63, 3.8) is 0 Å². The highest BCUT2D eigenvalue weighted by molar-refractivity contribution is 9.10. The number of esters is 2. The normalized spacial score (nSPS) is 10.5. The van der Waals surface area contributed by atoms with Gasteiger partial charge in [-0.2, -0.15) is 0 Å². The van der Waals surface area contributed by atoms with E-state index in [4.69, 9.17) is 19.7 Å². The van der Waals surface area contributed by atoms with Crippen molar-refractivity contribution in [1.29, 1.82) is 0 Å². The number of carbonyl (C=O) groups is 3. The zero-order chi connectivity index (χ0) is 24.9. The van der Waals surface area contributed by atoms with Crippen LogP contribution in [0, 0.1) is 0 Å². The highest BCUT2D eigenvalue weighted by Gasteiger charge is 2.29. The first-order chi connectivity index (χ1) is 17.0. The van der Waals surface area contributed by atoms with Crippen LogP contribution < -0.4 is 16.0 Å². The van der Waals surface area contributed by atoms with Crippen molar-refractivity contribution < 1.29 is 28.3 Å². The molecule has 0 aliphatic carbocycles. The van der Waals surface area contributed by atoms with Crippen molar-refractivity contribution in [1.82, 2.24) is 5.43 Å². The summed E-state index contributed by atoms with van der Waals surface area (Å²) in [5.74, 6) is 2.56. The quantitative estimate of drug-likeness (QED) is 0.117. The minimum Gasteiger partial charge on any atom is -0.496 e. The van der Waals surface area contributed by atoms with Crippen LogP contribution in [0.3, 0.4) is 0 Å². The summed E-state index contributed by atoms with van der Waals surface area (Å²) in [6, 6.07) is 21.3. The Morgan fingerprint density at radius 1 is 0.886 bits per heavy atom. The number of hydrogen-bond acceptors (Lipinski definition) is 7. The molecule has 0 atom stereocenters. The maximum Gasteiger partial charge on any atom is 0.382 e. The molecule has 0 bridgehead atoms. The first kappa shape index (κ1) is 23.9. The third-order valence-electron chi connectivity index (χ3n) is 5.21. The number of carbonyl (C=O) groups excluding carboxylic acids is 3. The van der Waals surface area contributed by atoms with E-state index in [9.17, 15) is 14.4 Å². The summed E-state index contributed by atoms with van der Waals surface area (Å²) in [5, 5.41) is 0. The molecule has 0 radical (unpaired) electrons. The second-order valence-corrected chi connectivity index (χ2v) is 8.03. The summed E-state index contributed by atoms with van der Waals surface area (Å²) in [6.45, 7) is 0. The number of hydrazine groups is 1. The van der Waals surface area contributed by atoms with Crippen LogP contribution in [-0.2, 0) is 4.74 Å². The number of hydrogen-bond donors (Lipinski definition) is 2. The summed E-state index contributed by atoms with van der Waals surface area (Å²) in [4.78, 5) is 38.5. The third kappa shape index (κ3) is 4.72. The van der Waals surface area contributed by atoms with E-state index >= 15 is 0 Å². The molecule has 3 aromatic carbocycles. The van der Waals surface area contributed by atoms with Crippen LogP contribution in [-0.4, -0.2) is 25.0 Å². The predicted octanol–water partition coefficient (Wildman–Crippen LogP) is 4.99. The number of benzene rings is 3. The number of nitrogens with two attached hydrogens (primary N) is 1. The Hall–Kier alpha value is -4.21. The minimum absolute atomic E-state index is 0.141. The van der Waals surface area contributed by atoms with E-state index in [0.29, 0.717) is 16.7 Å². The van der Waals surface area contributed by atoms with Gasteiger partial charge in [0.05, 0.1) is 22.7 Å². The number of halogens is 1. The summed E-state index contributed by atoms with van der Waals surface area (Å²) in [7, 11) is 1.40. The Morgan fingerprint density at radius 2 is 1.51 bits per heavy atom. The molecule has 0 saturated heterocycles. The van der Waals surface area contributed by atoms with E-state index < -0.39 is 17.8 Å². The molecule has 0 aliphatic rings. The molecule has 9 heteroatoms. The molecule has 1 amide bonds. The SMILES string of the molecule is COc1ccc(C(=O)OC(=O)c2occ(-c3ccccc3)c2-c2ccccc2)c(C(=O)NN)c1Br. The fourth-order valence-corrected chi connectivity index (χ4v) is 4.28. The molecule has 0 unspecified atom stereocenters. The molecule has 176 valence electrons. The van der Waals surface area contributed by atoms with Gasteiger partial charge in [0, 0.05) is 11.1 Å². The molecule has 4 aromatic rings. The predicted molar refractivity (Wildman–Crippen MR) is 132 cm³/mol. The van der Waals surface area contributed by atoms with Crippen LogP contribution in [0.25, 0.3) is 22.3 Å². The third-order valence-corrected chi connectivity index (χ3v) is 6.00. The Kier molecular flexibility index (Phi) is 7.09. The number of nitrogen functional groups attached to an aromatic ring is 1. The molecule has 0 saturated carbocycles. The number of rotatable bonds is 6. The monoisotopic (exact) mass is 534 g/mol. The van der Waals surface area contributed by atoms with Crippen LogP contribution in [0.15, 0.2) is 87.9 Å². The Bertz CT molecular complexity index is 1400. The van der Waals surface area contributed by atoms with Gasteiger partial charge < -0.3 is 13.9 Å². The van der Waals surface area contributed by atoms with Gasteiger partial charge in [-0.15, -0.1) is 0 Å².